The molecule has 6 N–H and O–H groups in total. The van der Waals surface area contributed by atoms with E-state index in [4.69, 9.17) is 5.73 Å². The summed E-state index contributed by atoms with van der Waals surface area (Å²) < 4.78 is 0. The molecule has 2 fully saturated rings. The van der Waals surface area contributed by atoms with Crippen LogP contribution in [-0.4, -0.2) is 63.1 Å². The molecule has 1 aliphatic carbocycles. The Kier molecular flexibility index (Phi) is 7.69. The fourth-order valence-corrected chi connectivity index (χ4v) is 6.26. The molecule has 2 amide bonds. The van der Waals surface area contributed by atoms with Crippen LogP contribution in [-0.2, 0) is 9.59 Å². The van der Waals surface area contributed by atoms with Crippen molar-refractivity contribution in [3.63, 3.8) is 0 Å². The van der Waals surface area contributed by atoms with E-state index in [0.29, 0.717) is 5.92 Å². The molecule has 0 unspecified atom stereocenters. The first-order valence-electron chi connectivity index (χ1n) is 13.6. The minimum atomic E-state index is -0.784. The Morgan fingerprint density at radius 1 is 1.26 bits per heavy atom. The number of thiazole rings is 1. The molecule has 3 aliphatic rings. The summed E-state index contributed by atoms with van der Waals surface area (Å²) in [4.78, 5) is 34.5. The van der Waals surface area contributed by atoms with Crippen molar-refractivity contribution in [2.75, 3.05) is 13.1 Å². The average Bonchev–Trinajstić information content (AvgIpc) is 3.26. The molecule has 0 radical (unpaired) electrons. The van der Waals surface area contributed by atoms with E-state index in [1.807, 2.05) is 68.7 Å². The highest BCUT2D eigenvalue weighted by molar-refractivity contribution is 7.13. The predicted molar refractivity (Wildman–Crippen MR) is 151 cm³/mol. The van der Waals surface area contributed by atoms with Gasteiger partial charge in [-0.1, -0.05) is 45.0 Å². The first kappa shape index (κ1) is 27.6. The van der Waals surface area contributed by atoms with Gasteiger partial charge in [-0.05, 0) is 36.3 Å². The van der Waals surface area contributed by atoms with Crippen molar-refractivity contribution in [3.05, 3.63) is 52.9 Å². The maximum absolute atomic E-state index is 14.0. The summed E-state index contributed by atoms with van der Waals surface area (Å²) in [6, 6.07) is 6.16. The number of benzene rings is 1. The summed E-state index contributed by atoms with van der Waals surface area (Å²) in [6.45, 7) is 8.31. The van der Waals surface area contributed by atoms with Gasteiger partial charge in [-0.2, -0.15) is 0 Å². The Balaban J connectivity index is 1.31. The molecule has 10 nitrogen and oxygen atoms in total. The van der Waals surface area contributed by atoms with Crippen LogP contribution in [0.25, 0.3) is 10.4 Å². The number of aryl methyl sites for hydroxylation is 1. The van der Waals surface area contributed by atoms with E-state index in [1.165, 1.54) is 4.90 Å². The van der Waals surface area contributed by atoms with Gasteiger partial charge in [0, 0.05) is 37.3 Å². The lowest BCUT2D eigenvalue weighted by atomic mass is 9.85. The number of aromatic nitrogens is 1. The van der Waals surface area contributed by atoms with E-state index >= 15 is 0 Å². The van der Waals surface area contributed by atoms with Crippen molar-refractivity contribution in [2.24, 2.45) is 17.1 Å². The van der Waals surface area contributed by atoms with E-state index in [-0.39, 0.29) is 31.3 Å². The molecule has 0 spiro atoms. The summed E-state index contributed by atoms with van der Waals surface area (Å²) in [7, 11) is 0. The minimum absolute atomic E-state index is 0.111. The Morgan fingerprint density at radius 2 is 1.97 bits per heavy atom. The van der Waals surface area contributed by atoms with Gasteiger partial charge in [0.1, 0.15) is 12.1 Å². The van der Waals surface area contributed by atoms with E-state index < -0.39 is 29.6 Å². The number of hydrogen-bond donors (Lipinski definition) is 5. The third-order valence-electron chi connectivity index (χ3n) is 7.69. The van der Waals surface area contributed by atoms with E-state index in [9.17, 15) is 14.7 Å². The number of allylic oxidation sites excluding steroid dienone is 1. The largest absolute Gasteiger partial charge is 0.391 e. The Labute approximate surface area is 233 Å². The summed E-state index contributed by atoms with van der Waals surface area (Å²) in [5.74, 6) is -0.0129. The van der Waals surface area contributed by atoms with Gasteiger partial charge in [0.05, 0.1) is 28.2 Å². The number of nitrogens with two attached hydrogens (primary N) is 1. The molecule has 3 heterocycles. The van der Waals surface area contributed by atoms with Crippen molar-refractivity contribution < 1.29 is 14.7 Å². The van der Waals surface area contributed by atoms with Crippen LogP contribution in [0.1, 0.15) is 57.3 Å². The number of hydrazine groups is 2. The lowest BCUT2D eigenvalue weighted by molar-refractivity contribution is -0.146. The van der Waals surface area contributed by atoms with E-state index in [1.54, 1.807) is 11.3 Å². The molecule has 210 valence electrons. The summed E-state index contributed by atoms with van der Waals surface area (Å²) in [6.07, 6.45) is 3.66. The van der Waals surface area contributed by atoms with Gasteiger partial charge < -0.3 is 26.5 Å². The first-order valence-corrected chi connectivity index (χ1v) is 14.5. The van der Waals surface area contributed by atoms with Crippen LogP contribution in [0.3, 0.4) is 0 Å². The van der Waals surface area contributed by atoms with Gasteiger partial charge in [-0.15, -0.1) is 16.9 Å². The van der Waals surface area contributed by atoms with Gasteiger partial charge in [0.15, 0.2) is 0 Å². The van der Waals surface area contributed by atoms with Gasteiger partial charge >= 0.3 is 0 Å². The number of nitrogens with zero attached hydrogens (tertiary/aromatic N) is 3. The number of aliphatic hydroxyl groups excluding tert-OH is 1. The number of likely N-dealkylation sites (tertiary alicyclic amines) is 1. The highest BCUT2D eigenvalue weighted by Crippen LogP contribution is 2.38. The predicted octanol–water partition coefficient (Wildman–Crippen LogP) is 2.19. The van der Waals surface area contributed by atoms with Crippen molar-refractivity contribution in [2.45, 2.75) is 71.2 Å². The van der Waals surface area contributed by atoms with Gasteiger partial charge in [-0.25, -0.2) is 4.98 Å². The molecule has 2 aromatic rings. The highest BCUT2D eigenvalue weighted by atomic mass is 32.1. The average molecular weight is 554 g/mol. The molecule has 2 aliphatic heterocycles. The topological polar surface area (TPSA) is 136 Å². The molecule has 4 atom stereocenters. The van der Waals surface area contributed by atoms with Crippen molar-refractivity contribution in [1.82, 2.24) is 31.2 Å². The maximum atomic E-state index is 14.0. The van der Waals surface area contributed by atoms with Crippen LogP contribution in [0, 0.1) is 18.3 Å². The fourth-order valence-electron chi connectivity index (χ4n) is 5.45. The van der Waals surface area contributed by atoms with Crippen LogP contribution in [0.15, 0.2) is 41.7 Å². The number of carbonyl (C=O) groups excluding carboxylic acids is 2. The minimum Gasteiger partial charge on any atom is -0.391 e. The number of amides is 2. The standard InChI is InChI=1S/C28H39N7O3S/c1-16-24(39-15-30-16)19-9-7-17(8-10-19)21(12-29)31-26(37)23-11-20(36)13-34(23)27(38)25(28(2,3)4)35-14-22(32-33-35)18-5-6-18/h7-10,14-15,18,20-21,23,25,32-33,36H,5-6,11-13,29H2,1-4H3,(H,31,37)/t20-,21+,23+,25-/m1/s1. The molecule has 1 saturated heterocycles. The second-order valence-corrected chi connectivity index (χ2v) is 12.7. The molecular formula is C28H39N7O3S. The molecule has 5 rings (SSSR count). The van der Waals surface area contributed by atoms with Crippen LogP contribution in [0.4, 0.5) is 0 Å². The molecule has 11 heteroatoms. The third-order valence-corrected chi connectivity index (χ3v) is 8.67. The second kappa shape index (κ2) is 10.9. The molecule has 1 aromatic carbocycles. The lowest BCUT2D eigenvalue weighted by Crippen LogP contribution is -2.59. The van der Waals surface area contributed by atoms with Crippen molar-refractivity contribution in [1.29, 1.82) is 0 Å². The smallest absolute Gasteiger partial charge is 0.248 e. The van der Waals surface area contributed by atoms with Crippen molar-refractivity contribution in [3.8, 4) is 10.4 Å². The molecule has 0 bridgehead atoms. The molecule has 1 saturated carbocycles. The monoisotopic (exact) mass is 553 g/mol. The van der Waals surface area contributed by atoms with Crippen LogP contribution in [0.2, 0.25) is 0 Å². The summed E-state index contributed by atoms with van der Waals surface area (Å²) in [5, 5.41) is 15.4. The van der Waals surface area contributed by atoms with E-state index in [0.717, 1.165) is 40.2 Å². The zero-order valence-corrected chi connectivity index (χ0v) is 23.8. The van der Waals surface area contributed by atoms with Crippen LogP contribution >= 0.6 is 11.3 Å². The molecule has 39 heavy (non-hydrogen) atoms. The quantitative estimate of drug-likeness (QED) is 0.336. The summed E-state index contributed by atoms with van der Waals surface area (Å²) in [5.41, 5.74) is 17.8. The highest BCUT2D eigenvalue weighted by Gasteiger charge is 2.47. The fraction of sp³-hybridized carbons (Fsp3) is 0.536. The van der Waals surface area contributed by atoms with E-state index in [2.05, 4.69) is 21.3 Å². The zero-order valence-electron chi connectivity index (χ0n) is 23.0. The van der Waals surface area contributed by atoms with Gasteiger partial charge in [0.25, 0.3) is 0 Å². The Bertz CT molecular complexity index is 1230. The maximum Gasteiger partial charge on any atom is 0.248 e. The molecular weight excluding hydrogens is 514 g/mol. The normalized spacial score (nSPS) is 22.9. The number of aliphatic hydroxyl groups is 1. The number of nitrogens with one attached hydrogen (secondary N) is 3. The van der Waals surface area contributed by atoms with Crippen LogP contribution in [0.5, 0.6) is 0 Å². The number of β-amino-alcohol motifs (C(OH)–C–C–N with tert-alkyl or cyclic N) is 1. The Hall–Kier alpha value is -2.99. The number of carbonyl (C=O) groups is 2. The first-order chi connectivity index (χ1) is 18.6. The second-order valence-electron chi connectivity index (χ2n) is 11.9. The SMILES string of the molecule is Cc1ncsc1-c1ccc([C@H](CN)NC(=O)[C@@H]2C[C@@H](O)CN2C(=O)[C@@H](N2C=C(C3CC3)NN2)C(C)(C)C)cc1. The number of hydrogen-bond acceptors (Lipinski definition) is 9. The molecule has 1 aromatic heterocycles. The van der Waals surface area contributed by atoms with Crippen molar-refractivity contribution >= 4 is 23.2 Å². The zero-order chi connectivity index (χ0) is 27.9. The third kappa shape index (κ3) is 5.81. The Morgan fingerprint density at radius 3 is 2.56 bits per heavy atom. The van der Waals surface area contributed by atoms with Gasteiger partial charge in [-0.3, -0.25) is 14.6 Å². The summed E-state index contributed by atoms with van der Waals surface area (Å²) >= 11 is 1.59. The van der Waals surface area contributed by atoms with Crippen LogP contribution < -0.4 is 22.0 Å². The number of rotatable bonds is 8. The van der Waals surface area contributed by atoms with Gasteiger partial charge in [0.2, 0.25) is 11.8 Å². The lowest BCUT2D eigenvalue weighted by Gasteiger charge is -2.39.